The normalized spacial score (nSPS) is 17.2. The van der Waals surface area contributed by atoms with E-state index in [2.05, 4.69) is 6.92 Å². The van der Waals surface area contributed by atoms with Gasteiger partial charge in [-0.05, 0) is 12.8 Å². The zero-order valence-corrected chi connectivity index (χ0v) is 15.8. The molecule has 0 aliphatic carbocycles. The number of ketones is 1. The molecule has 1 unspecified atom stereocenters. The van der Waals surface area contributed by atoms with Gasteiger partial charge in [-0.2, -0.15) is 0 Å². The molecule has 0 bridgehead atoms. The molecule has 1 heterocycles. The second kappa shape index (κ2) is 14.5. The second-order valence-corrected chi connectivity index (χ2v) is 7.39. The molecule has 0 radical (unpaired) electrons. The molecule has 0 N–H and O–H groups in total. The molecule has 1 fully saturated rings. The number of esters is 1. The lowest BCUT2D eigenvalue weighted by Crippen LogP contribution is -2.13. The van der Waals surface area contributed by atoms with Gasteiger partial charge in [0, 0.05) is 12.8 Å². The van der Waals surface area contributed by atoms with Crippen molar-refractivity contribution in [3.8, 4) is 0 Å². The van der Waals surface area contributed by atoms with Crippen LogP contribution in [0.2, 0.25) is 0 Å². The number of carbonyl (C=O) groups excluding carboxylic acids is 2. The largest absolute Gasteiger partial charge is 0.465 e. The van der Waals surface area contributed by atoms with Crippen molar-refractivity contribution in [3.63, 3.8) is 0 Å². The van der Waals surface area contributed by atoms with Gasteiger partial charge in [0.2, 0.25) is 0 Å². The van der Waals surface area contributed by atoms with Crippen LogP contribution in [0.3, 0.4) is 0 Å². The van der Waals surface area contributed by atoms with E-state index in [9.17, 15) is 9.59 Å². The van der Waals surface area contributed by atoms with Crippen LogP contribution in [-0.4, -0.2) is 18.4 Å². The number of rotatable bonds is 16. The van der Waals surface area contributed by atoms with Crippen molar-refractivity contribution in [2.45, 2.75) is 110 Å². The van der Waals surface area contributed by atoms with Crippen LogP contribution in [0.1, 0.15) is 110 Å². The van der Waals surface area contributed by atoms with E-state index in [4.69, 9.17) is 4.74 Å². The quantitative estimate of drug-likeness (QED) is 0.256. The van der Waals surface area contributed by atoms with Crippen molar-refractivity contribution in [2.75, 3.05) is 6.61 Å². The lowest BCUT2D eigenvalue weighted by molar-refractivity contribution is -0.142. The van der Waals surface area contributed by atoms with Crippen LogP contribution in [-0.2, 0) is 14.3 Å². The van der Waals surface area contributed by atoms with Gasteiger partial charge in [0.05, 0.1) is 12.5 Å². The van der Waals surface area contributed by atoms with Crippen molar-refractivity contribution in [1.29, 1.82) is 0 Å². The molecule has 24 heavy (non-hydrogen) atoms. The fraction of sp³-hybridized carbons (Fsp3) is 0.905. The molecule has 0 aromatic rings. The van der Waals surface area contributed by atoms with E-state index in [0.29, 0.717) is 19.4 Å². The topological polar surface area (TPSA) is 43.4 Å². The first-order valence-corrected chi connectivity index (χ1v) is 10.4. The Morgan fingerprint density at radius 2 is 1.38 bits per heavy atom. The Kier molecular flexibility index (Phi) is 12.8. The Bertz CT molecular complexity index is 338. The van der Waals surface area contributed by atoms with Crippen LogP contribution in [0.4, 0.5) is 0 Å². The second-order valence-electron chi connectivity index (χ2n) is 7.39. The van der Waals surface area contributed by atoms with E-state index in [1.54, 1.807) is 0 Å². The average Bonchev–Trinajstić information content (AvgIpc) is 2.97. The minimum absolute atomic E-state index is 0.153. The smallest absolute Gasteiger partial charge is 0.309 e. The molecular formula is C21H38O3. The monoisotopic (exact) mass is 338 g/mol. The fourth-order valence-electron chi connectivity index (χ4n) is 3.44. The molecule has 0 amide bonds. The summed E-state index contributed by atoms with van der Waals surface area (Å²) >= 11 is 0. The number of hydrogen-bond donors (Lipinski definition) is 0. The predicted molar refractivity (Wildman–Crippen MR) is 99.0 cm³/mol. The zero-order chi connectivity index (χ0) is 17.5. The summed E-state index contributed by atoms with van der Waals surface area (Å²) in [4.78, 5) is 23.2. The first-order valence-electron chi connectivity index (χ1n) is 10.4. The van der Waals surface area contributed by atoms with E-state index in [1.165, 1.54) is 70.6 Å². The van der Waals surface area contributed by atoms with Gasteiger partial charge in [-0.3, -0.25) is 9.59 Å². The van der Waals surface area contributed by atoms with Gasteiger partial charge in [-0.25, -0.2) is 0 Å². The Balaban J connectivity index is 1.78. The molecule has 1 aliphatic heterocycles. The standard InChI is InChI=1S/C21H38O3/c1-2-3-4-5-6-7-8-9-10-11-12-13-14-15-20(22)18-19-16-17-24-21(19)23/h19H,2-18H2,1H3. The summed E-state index contributed by atoms with van der Waals surface area (Å²) in [6, 6.07) is 0. The van der Waals surface area contributed by atoms with E-state index >= 15 is 0 Å². The molecule has 1 atom stereocenters. The maximum absolute atomic E-state index is 11.8. The number of carbonyl (C=O) groups is 2. The SMILES string of the molecule is CCCCCCCCCCCCCCCC(=O)CC1CCOC1=O. The van der Waals surface area contributed by atoms with Gasteiger partial charge in [0.1, 0.15) is 5.78 Å². The zero-order valence-electron chi connectivity index (χ0n) is 15.8. The van der Waals surface area contributed by atoms with Gasteiger partial charge in [-0.1, -0.05) is 84.0 Å². The predicted octanol–water partition coefficient (Wildman–Crippen LogP) is 5.99. The van der Waals surface area contributed by atoms with Crippen LogP contribution in [0.15, 0.2) is 0 Å². The van der Waals surface area contributed by atoms with Gasteiger partial charge < -0.3 is 4.74 Å². The van der Waals surface area contributed by atoms with Crippen molar-refractivity contribution < 1.29 is 14.3 Å². The summed E-state index contributed by atoms with van der Waals surface area (Å²) in [5.41, 5.74) is 0. The molecule has 0 aromatic heterocycles. The molecule has 3 heteroatoms. The highest BCUT2D eigenvalue weighted by Crippen LogP contribution is 2.20. The third-order valence-corrected chi connectivity index (χ3v) is 5.08. The number of Topliss-reactive ketones (excluding diaryl/α,β-unsaturated/α-hetero) is 1. The van der Waals surface area contributed by atoms with Gasteiger partial charge in [0.25, 0.3) is 0 Å². The van der Waals surface area contributed by atoms with E-state index in [1.807, 2.05) is 0 Å². The molecule has 1 saturated heterocycles. The van der Waals surface area contributed by atoms with Crippen molar-refractivity contribution in [1.82, 2.24) is 0 Å². The maximum Gasteiger partial charge on any atom is 0.309 e. The van der Waals surface area contributed by atoms with Crippen molar-refractivity contribution >= 4 is 11.8 Å². The van der Waals surface area contributed by atoms with Gasteiger partial charge in [0.15, 0.2) is 0 Å². The van der Waals surface area contributed by atoms with E-state index in [-0.39, 0.29) is 17.7 Å². The average molecular weight is 339 g/mol. The van der Waals surface area contributed by atoms with Crippen LogP contribution in [0.25, 0.3) is 0 Å². The van der Waals surface area contributed by atoms with E-state index in [0.717, 1.165) is 19.3 Å². The summed E-state index contributed by atoms with van der Waals surface area (Å²) in [5.74, 6) is -0.0879. The first kappa shape index (κ1) is 21.2. The van der Waals surface area contributed by atoms with E-state index < -0.39 is 0 Å². The number of ether oxygens (including phenoxy) is 1. The molecule has 0 aromatic carbocycles. The Hall–Kier alpha value is -0.860. The fourth-order valence-corrected chi connectivity index (χ4v) is 3.44. The molecule has 3 nitrogen and oxygen atoms in total. The summed E-state index contributed by atoms with van der Waals surface area (Å²) in [7, 11) is 0. The molecule has 1 rings (SSSR count). The van der Waals surface area contributed by atoms with Crippen LogP contribution in [0, 0.1) is 5.92 Å². The van der Waals surface area contributed by atoms with Crippen LogP contribution >= 0.6 is 0 Å². The third-order valence-electron chi connectivity index (χ3n) is 5.08. The highest BCUT2D eigenvalue weighted by atomic mass is 16.5. The van der Waals surface area contributed by atoms with Gasteiger partial charge in [-0.15, -0.1) is 0 Å². The number of hydrogen-bond acceptors (Lipinski definition) is 3. The highest BCUT2D eigenvalue weighted by Gasteiger charge is 2.28. The third kappa shape index (κ3) is 10.8. The molecule has 0 saturated carbocycles. The molecular weight excluding hydrogens is 300 g/mol. The summed E-state index contributed by atoms with van der Waals surface area (Å²) in [5, 5.41) is 0. The Labute approximate surface area is 148 Å². The summed E-state index contributed by atoms with van der Waals surface area (Å²) < 4.78 is 4.90. The highest BCUT2D eigenvalue weighted by molar-refractivity contribution is 5.85. The lowest BCUT2D eigenvalue weighted by Gasteiger charge is -2.05. The van der Waals surface area contributed by atoms with Crippen molar-refractivity contribution in [2.24, 2.45) is 5.92 Å². The molecule has 1 aliphatic rings. The minimum atomic E-state index is -0.172. The minimum Gasteiger partial charge on any atom is -0.465 e. The van der Waals surface area contributed by atoms with Gasteiger partial charge >= 0.3 is 5.97 Å². The lowest BCUT2D eigenvalue weighted by atomic mass is 9.98. The van der Waals surface area contributed by atoms with Crippen LogP contribution < -0.4 is 0 Å². The Morgan fingerprint density at radius 1 is 0.875 bits per heavy atom. The first-order chi connectivity index (χ1) is 11.7. The van der Waals surface area contributed by atoms with Crippen molar-refractivity contribution in [3.05, 3.63) is 0 Å². The molecule has 140 valence electrons. The Morgan fingerprint density at radius 3 is 1.83 bits per heavy atom. The summed E-state index contributed by atoms with van der Waals surface area (Å²) in [6.45, 7) is 2.76. The summed E-state index contributed by atoms with van der Waals surface area (Å²) in [6.07, 6.45) is 18.9. The van der Waals surface area contributed by atoms with Crippen LogP contribution in [0.5, 0.6) is 0 Å². The molecule has 0 spiro atoms. The number of cyclic esters (lactones) is 1. The number of unbranched alkanes of at least 4 members (excludes halogenated alkanes) is 12. The maximum atomic E-state index is 11.8.